The molecule has 0 saturated carbocycles. The molecule has 2 rings (SSSR count). The second-order valence-electron chi connectivity index (χ2n) is 4.47. The highest BCUT2D eigenvalue weighted by molar-refractivity contribution is 6.35. The molecule has 1 aromatic heterocycles. The van der Waals surface area contributed by atoms with Gasteiger partial charge in [0.1, 0.15) is 12.4 Å². The van der Waals surface area contributed by atoms with E-state index < -0.39 is 0 Å². The Bertz CT molecular complexity index is 602. The number of benzene rings is 1. The van der Waals surface area contributed by atoms with Crippen LogP contribution in [0.2, 0.25) is 10.0 Å². The number of pyridine rings is 1. The summed E-state index contributed by atoms with van der Waals surface area (Å²) < 4.78 is 5.83. The van der Waals surface area contributed by atoms with Crippen LogP contribution in [-0.4, -0.2) is 11.5 Å². The van der Waals surface area contributed by atoms with E-state index in [2.05, 4.69) is 4.98 Å². The zero-order chi connectivity index (χ0) is 14.5. The van der Waals surface area contributed by atoms with Crippen LogP contribution in [0.25, 0.3) is 0 Å². The van der Waals surface area contributed by atoms with Gasteiger partial charge in [0, 0.05) is 11.2 Å². The minimum atomic E-state index is 0.367. The number of rotatable bonds is 5. The third kappa shape index (κ3) is 3.63. The molecule has 0 aliphatic carbocycles. The molecule has 0 fully saturated rings. The monoisotopic (exact) mass is 310 g/mol. The van der Waals surface area contributed by atoms with Gasteiger partial charge in [-0.1, -0.05) is 29.3 Å². The molecular weight excluding hydrogens is 295 g/mol. The largest absolute Gasteiger partial charge is 0.485 e. The Morgan fingerprint density at radius 3 is 2.80 bits per heavy atom. The lowest BCUT2D eigenvalue weighted by molar-refractivity contribution is 0.297. The van der Waals surface area contributed by atoms with Gasteiger partial charge in [-0.2, -0.15) is 0 Å². The highest BCUT2D eigenvalue weighted by Crippen LogP contribution is 2.33. The number of hydrogen-bond acceptors (Lipinski definition) is 3. The van der Waals surface area contributed by atoms with Gasteiger partial charge >= 0.3 is 0 Å². The fourth-order valence-corrected chi connectivity index (χ4v) is 2.52. The van der Waals surface area contributed by atoms with Crippen molar-refractivity contribution in [2.75, 3.05) is 6.54 Å². The number of aryl methyl sites for hydroxylation is 1. The van der Waals surface area contributed by atoms with Crippen molar-refractivity contribution in [2.24, 2.45) is 5.73 Å². The van der Waals surface area contributed by atoms with Gasteiger partial charge in [-0.3, -0.25) is 4.98 Å². The second kappa shape index (κ2) is 6.93. The molecule has 106 valence electrons. The van der Waals surface area contributed by atoms with Crippen molar-refractivity contribution in [2.45, 2.75) is 20.0 Å². The summed E-state index contributed by atoms with van der Waals surface area (Å²) in [6, 6.07) is 7.40. The Morgan fingerprint density at radius 1 is 1.30 bits per heavy atom. The molecule has 0 atom stereocenters. The summed E-state index contributed by atoms with van der Waals surface area (Å²) in [4.78, 5) is 4.30. The van der Waals surface area contributed by atoms with Gasteiger partial charge in [-0.25, -0.2) is 0 Å². The Hall–Kier alpha value is -1.29. The molecule has 1 aromatic carbocycles. The fraction of sp³-hybridized carbons (Fsp3) is 0.267. The molecular formula is C15H16Cl2N2O. The zero-order valence-corrected chi connectivity index (χ0v) is 12.7. The molecule has 0 unspecified atom stereocenters. The maximum Gasteiger partial charge on any atom is 0.141 e. The summed E-state index contributed by atoms with van der Waals surface area (Å²) in [7, 11) is 0. The van der Waals surface area contributed by atoms with E-state index in [1.807, 2.05) is 25.1 Å². The van der Waals surface area contributed by atoms with Gasteiger partial charge in [0.25, 0.3) is 0 Å². The van der Waals surface area contributed by atoms with Crippen LogP contribution in [0.15, 0.2) is 30.5 Å². The summed E-state index contributed by atoms with van der Waals surface area (Å²) in [5.74, 6) is 0.631. The number of ether oxygens (including phenoxy) is 1. The first-order valence-electron chi connectivity index (χ1n) is 6.33. The first-order chi connectivity index (χ1) is 9.61. The molecule has 2 N–H and O–H groups in total. The predicted octanol–water partition coefficient (Wildman–Crippen LogP) is 3.78. The van der Waals surface area contributed by atoms with E-state index in [4.69, 9.17) is 33.7 Å². The average molecular weight is 311 g/mol. The van der Waals surface area contributed by atoms with Crippen LogP contribution < -0.4 is 10.5 Å². The van der Waals surface area contributed by atoms with Crippen LogP contribution in [0.3, 0.4) is 0 Å². The maximum absolute atomic E-state index is 6.21. The minimum Gasteiger partial charge on any atom is -0.485 e. The van der Waals surface area contributed by atoms with Gasteiger partial charge in [-0.05, 0) is 49.2 Å². The fourth-order valence-electron chi connectivity index (χ4n) is 1.93. The molecule has 0 saturated heterocycles. The molecule has 0 bridgehead atoms. The summed E-state index contributed by atoms with van der Waals surface area (Å²) in [6.45, 7) is 2.87. The Labute approximate surface area is 128 Å². The van der Waals surface area contributed by atoms with E-state index in [9.17, 15) is 0 Å². The van der Waals surface area contributed by atoms with Crippen molar-refractivity contribution in [3.63, 3.8) is 0 Å². The smallest absolute Gasteiger partial charge is 0.141 e. The molecule has 0 spiro atoms. The van der Waals surface area contributed by atoms with Crippen molar-refractivity contribution < 1.29 is 4.74 Å². The van der Waals surface area contributed by atoms with E-state index in [1.165, 1.54) is 0 Å². The lowest BCUT2D eigenvalue weighted by atomic mass is 10.1. The molecule has 1 heterocycles. The van der Waals surface area contributed by atoms with Crippen molar-refractivity contribution in [1.29, 1.82) is 0 Å². The van der Waals surface area contributed by atoms with Gasteiger partial charge in [0.05, 0.1) is 10.7 Å². The third-order valence-corrected chi connectivity index (χ3v) is 3.47. The van der Waals surface area contributed by atoms with Crippen LogP contribution >= 0.6 is 23.2 Å². The Balaban J connectivity index is 2.22. The number of aromatic nitrogens is 1. The average Bonchev–Trinajstić information content (AvgIpc) is 2.40. The predicted molar refractivity (Wildman–Crippen MR) is 82.5 cm³/mol. The zero-order valence-electron chi connectivity index (χ0n) is 11.2. The highest BCUT2D eigenvalue weighted by atomic mass is 35.5. The quantitative estimate of drug-likeness (QED) is 0.914. The van der Waals surface area contributed by atoms with Gasteiger partial charge < -0.3 is 10.5 Å². The topological polar surface area (TPSA) is 48.1 Å². The number of hydrogen-bond donors (Lipinski definition) is 1. The van der Waals surface area contributed by atoms with Crippen molar-refractivity contribution >= 4 is 23.2 Å². The molecule has 3 nitrogen and oxygen atoms in total. The first-order valence-corrected chi connectivity index (χ1v) is 7.08. The second-order valence-corrected chi connectivity index (χ2v) is 5.31. The molecule has 0 amide bonds. The molecule has 5 heteroatoms. The third-order valence-electron chi connectivity index (χ3n) is 2.97. The SMILES string of the molecule is Cc1cccnc1COc1c(Cl)cc(Cl)cc1CCN. The lowest BCUT2D eigenvalue weighted by Crippen LogP contribution is -2.07. The van der Waals surface area contributed by atoms with Gasteiger partial charge in [0.15, 0.2) is 0 Å². The summed E-state index contributed by atoms with van der Waals surface area (Å²) in [6.07, 6.45) is 2.41. The number of nitrogens with zero attached hydrogens (tertiary/aromatic N) is 1. The van der Waals surface area contributed by atoms with Crippen molar-refractivity contribution in [1.82, 2.24) is 4.98 Å². The van der Waals surface area contributed by atoms with E-state index in [0.29, 0.717) is 35.4 Å². The summed E-state index contributed by atoms with van der Waals surface area (Å²) in [5, 5.41) is 1.08. The molecule has 2 aromatic rings. The highest BCUT2D eigenvalue weighted by Gasteiger charge is 2.11. The minimum absolute atomic E-state index is 0.367. The van der Waals surface area contributed by atoms with Crippen LogP contribution in [-0.2, 0) is 13.0 Å². The van der Waals surface area contributed by atoms with Crippen LogP contribution in [0.1, 0.15) is 16.8 Å². The first kappa shape index (κ1) is 15.1. The summed E-state index contributed by atoms with van der Waals surface area (Å²) in [5.41, 5.74) is 8.49. The molecule has 0 aliphatic heterocycles. The van der Waals surface area contributed by atoms with E-state index in [0.717, 1.165) is 16.8 Å². The van der Waals surface area contributed by atoms with Crippen LogP contribution in [0.4, 0.5) is 0 Å². The standard InChI is InChI=1S/C15H16Cl2N2O/c1-10-3-2-6-19-14(10)9-20-15-11(4-5-18)7-12(16)8-13(15)17/h2-3,6-8H,4-5,9,18H2,1H3. The van der Waals surface area contributed by atoms with E-state index in [1.54, 1.807) is 12.3 Å². The Morgan fingerprint density at radius 2 is 2.10 bits per heavy atom. The van der Waals surface area contributed by atoms with Crippen molar-refractivity contribution in [3.8, 4) is 5.75 Å². The van der Waals surface area contributed by atoms with Gasteiger partial charge in [-0.15, -0.1) is 0 Å². The molecule has 0 radical (unpaired) electrons. The Kier molecular flexibility index (Phi) is 5.24. The number of halogens is 2. The van der Waals surface area contributed by atoms with E-state index in [-0.39, 0.29) is 0 Å². The van der Waals surface area contributed by atoms with Crippen LogP contribution in [0.5, 0.6) is 5.75 Å². The van der Waals surface area contributed by atoms with E-state index >= 15 is 0 Å². The molecule has 0 aliphatic rings. The van der Waals surface area contributed by atoms with Crippen molar-refractivity contribution in [3.05, 3.63) is 57.3 Å². The summed E-state index contributed by atoms with van der Waals surface area (Å²) >= 11 is 12.2. The van der Waals surface area contributed by atoms with Crippen LogP contribution in [0, 0.1) is 6.92 Å². The lowest BCUT2D eigenvalue weighted by Gasteiger charge is -2.14. The number of nitrogens with two attached hydrogens (primary N) is 1. The van der Waals surface area contributed by atoms with Gasteiger partial charge in [0.2, 0.25) is 0 Å². The molecule has 20 heavy (non-hydrogen) atoms. The normalized spacial score (nSPS) is 10.6. The maximum atomic E-state index is 6.21.